The fourth-order valence-corrected chi connectivity index (χ4v) is 6.44. The monoisotopic (exact) mass is 562 g/mol. The van der Waals surface area contributed by atoms with Crippen LogP contribution in [-0.2, 0) is 21.0 Å². The summed E-state index contributed by atoms with van der Waals surface area (Å²) in [5.74, 6) is 0. The van der Waals surface area contributed by atoms with Crippen molar-refractivity contribution in [2.75, 3.05) is 0 Å². The maximum Gasteiger partial charge on any atom is 0.485 e. The van der Waals surface area contributed by atoms with Crippen LogP contribution in [0.3, 0.4) is 0 Å². The Kier molecular flexibility index (Phi) is 9.03. The van der Waals surface area contributed by atoms with E-state index in [4.69, 9.17) is 13.0 Å². The molecule has 4 aromatic carbocycles. The summed E-state index contributed by atoms with van der Waals surface area (Å²) in [5.41, 5.74) is -3.27. The van der Waals surface area contributed by atoms with Crippen LogP contribution in [0.2, 0.25) is 13.1 Å². The minimum absolute atomic E-state index is 0.122. The summed E-state index contributed by atoms with van der Waals surface area (Å²) < 4.78 is 58.9. The van der Waals surface area contributed by atoms with E-state index in [0.29, 0.717) is 0 Å². The van der Waals surface area contributed by atoms with Gasteiger partial charge in [0.1, 0.15) is 0 Å². The van der Waals surface area contributed by atoms with E-state index in [9.17, 15) is 18.0 Å². The number of alkyl halides is 3. The second-order valence-corrected chi connectivity index (χ2v) is 15.6. The van der Waals surface area contributed by atoms with Crippen LogP contribution in [0.25, 0.3) is 11.1 Å². The van der Waals surface area contributed by atoms with Gasteiger partial charge in [-0.3, -0.25) is 0 Å². The molecule has 0 bridgehead atoms. The predicted octanol–water partition coefficient (Wildman–Crippen LogP) is 5.90. The van der Waals surface area contributed by atoms with Gasteiger partial charge in [0, 0.05) is 0 Å². The molecule has 4 aromatic rings. The molecule has 0 aliphatic carbocycles. The highest BCUT2D eigenvalue weighted by atomic mass is 32.2. The summed E-state index contributed by atoms with van der Waals surface area (Å²) in [6, 6.07) is 38.7. The maximum atomic E-state index is 10.7. The van der Waals surface area contributed by atoms with E-state index in [-0.39, 0.29) is 10.9 Å². The molecule has 0 saturated heterocycles. The van der Waals surface area contributed by atoms with Gasteiger partial charge in [0.05, 0.1) is 10.9 Å². The van der Waals surface area contributed by atoms with Crippen LogP contribution >= 0.6 is 0 Å². The molecular formula is C27H25F3O4S2Si. The van der Waals surface area contributed by atoms with Crippen LogP contribution in [0.5, 0.6) is 0 Å². The van der Waals surface area contributed by atoms with Crippen LogP contribution in [-0.4, -0.2) is 31.6 Å². The largest absolute Gasteiger partial charge is 0.741 e. The Hall–Kier alpha value is -2.89. The van der Waals surface area contributed by atoms with Gasteiger partial charge in [-0.1, -0.05) is 60.7 Å². The van der Waals surface area contributed by atoms with E-state index in [2.05, 4.69) is 109 Å². The fourth-order valence-electron chi connectivity index (χ4n) is 3.38. The molecule has 0 spiro atoms. The molecule has 0 unspecified atom stereocenters. The molecule has 0 amide bonds. The van der Waals surface area contributed by atoms with Crippen LogP contribution < -0.4 is 5.19 Å². The van der Waals surface area contributed by atoms with Gasteiger partial charge >= 0.3 is 5.51 Å². The van der Waals surface area contributed by atoms with Crippen molar-refractivity contribution in [3.05, 3.63) is 109 Å². The second kappa shape index (κ2) is 11.7. The Morgan fingerprint density at radius 1 is 0.676 bits per heavy atom. The number of benzene rings is 4. The zero-order valence-electron chi connectivity index (χ0n) is 20.0. The Morgan fingerprint density at radius 2 is 1.00 bits per heavy atom. The highest BCUT2D eigenvalue weighted by Gasteiger charge is 2.37. The molecule has 10 heteroatoms. The summed E-state index contributed by atoms with van der Waals surface area (Å²) in [6.07, 6.45) is 0. The SMILES string of the molecule is C[Si](C)(O)c1ccc(-c2ccc([S+](c3ccccc3)c3ccccc3)cc2)cc1.O=S(=O)([O-])C(F)(F)F. The van der Waals surface area contributed by atoms with Crippen LogP contribution in [0, 0.1) is 0 Å². The van der Waals surface area contributed by atoms with Gasteiger partial charge in [0.25, 0.3) is 0 Å². The second-order valence-electron chi connectivity index (χ2n) is 8.49. The minimum atomic E-state index is -6.09. The third-order valence-electron chi connectivity index (χ3n) is 5.26. The summed E-state index contributed by atoms with van der Waals surface area (Å²) in [7, 11) is -8.47. The first-order chi connectivity index (χ1) is 17.3. The van der Waals surface area contributed by atoms with Crippen molar-refractivity contribution in [2.24, 2.45) is 0 Å². The molecule has 0 radical (unpaired) electrons. The van der Waals surface area contributed by atoms with Gasteiger partial charge in [-0.2, -0.15) is 13.2 Å². The zero-order chi connectivity index (χ0) is 27.3. The highest BCUT2D eigenvalue weighted by molar-refractivity contribution is 7.97. The van der Waals surface area contributed by atoms with Crippen molar-refractivity contribution in [3.8, 4) is 11.1 Å². The molecule has 0 heterocycles. The van der Waals surface area contributed by atoms with Crippen molar-refractivity contribution >= 4 is 34.5 Å². The lowest BCUT2D eigenvalue weighted by atomic mass is 10.1. The first kappa shape index (κ1) is 28.7. The summed E-state index contributed by atoms with van der Waals surface area (Å²) in [6.45, 7) is 3.90. The van der Waals surface area contributed by atoms with E-state index in [1.54, 1.807) is 0 Å². The Morgan fingerprint density at radius 3 is 1.32 bits per heavy atom. The molecule has 4 nitrogen and oxygen atoms in total. The lowest BCUT2D eigenvalue weighted by Crippen LogP contribution is -2.41. The zero-order valence-corrected chi connectivity index (χ0v) is 22.6. The Labute approximate surface area is 218 Å². The average Bonchev–Trinajstić information content (AvgIpc) is 2.85. The van der Waals surface area contributed by atoms with Crippen LogP contribution in [0.15, 0.2) is 124 Å². The van der Waals surface area contributed by atoms with Gasteiger partial charge in [-0.25, -0.2) is 8.42 Å². The van der Waals surface area contributed by atoms with Gasteiger partial charge in [0.15, 0.2) is 24.8 Å². The molecular weight excluding hydrogens is 538 g/mol. The van der Waals surface area contributed by atoms with Gasteiger partial charge < -0.3 is 9.35 Å². The molecule has 1 N–H and O–H groups in total. The van der Waals surface area contributed by atoms with Gasteiger partial charge in [-0.05, 0) is 77.9 Å². The standard InChI is InChI=1S/C26H25OSSi.CHF3O3S/c1-29(2,27)26-19-15-22(16-20-26)21-13-17-25(18-14-21)28(23-9-5-3-6-10-23)24-11-7-4-8-12-24;2-1(3,4)8(5,6)7/h3-20,27H,1-2H3;(H,5,6,7)/q+1;/p-1. The number of rotatable bonds is 5. The highest BCUT2D eigenvalue weighted by Crippen LogP contribution is 2.32. The minimum Gasteiger partial charge on any atom is -0.741 e. The summed E-state index contributed by atoms with van der Waals surface area (Å²) in [4.78, 5) is 14.3. The predicted molar refractivity (Wildman–Crippen MR) is 142 cm³/mol. The summed E-state index contributed by atoms with van der Waals surface area (Å²) >= 11 is 0. The lowest BCUT2D eigenvalue weighted by molar-refractivity contribution is -0.0517. The first-order valence-corrected chi connectivity index (χ1v) is 16.7. The topological polar surface area (TPSA) is 77.4 Å². The third kappa shape index (κ3) is 7.80. The van der Waals surface area contributed by atoms with E-state index in [1.165, 1.54) is 25.8 Å². The average molecular weight is 563 g/mol. The molecule has 0 aliphatic rings. The first-order valence-electron chi connectivity index (χ1n) is 11.1. The van der Waals surface area contributed by atoms with Crippen molar-refractivity contribution < 1.29 is 30.9 Å². The van der Waals surface area contributed by atoms with Crippen molar-refractivity contribution in [1.29, 1.82) is 0 Å². The van der Waals surface area contributed by atoms with Crippen molar-refractivity contribution in [2.45, 2.75) is 33.3 Å². The Balaban J connectivity index is 0.000000414. The normalized spacial score (nSPS) is 12.1. The van der Waals surface area contributed by atoms with Crippen molar-refractivity contribution in [3.63, 3.8) is 0 Å². The van der Waals surface area contributed by atoms with Crippen molar-refractivity contribution in [1.82, 2.24) is 0 Å². The van der Waals surface area contributed by atoms with Crippen LogP contribution in [0.1, 0.15) is 0 Å². The molecule has 0 atom stereocenters. The van der Waals surface area contributed by atoms with Gasteiger partial charge in [0.2, 0.25) is 8.32 Å². The van der Waals surface area contributed by atoms with Gasteiger partial charge in [-0.15, -0.1) is 0 Å². The molecule has 0 fully saturated rings. The smallest absolute Gasteiger partial charge is 0.485 e. The number of hydrogen-bond donors (Lipinski definition) is 1. The molecule has 0 aliphatic heterocycles. The number of halogens is 3. The summed E-state index contributed by atoms with van der Waals surface area (Å²) in [5, 5.41) is 1.06. The molecule has 4 rings (SSSR count). The molecule has 37 heavy (non-hydrogen) atoms. The molecule has 0 saturated carbocycles. The lowest BCUT2D eigenvalue weighted by Gasteiger charge is -2.15. The molecule has 194 valence electrons. The van der Waals surface area contributed by atoms with Crippen LogP contribution in [0.4, 0.5) is 13.2 Å². The van der Waals surface area contributed by atoms with E-state index in [0.717, 1.165) is 5.19 Å². The van der Waals surface area contributed by atoms with E-state index >= 15 is 0 Å². The Bertz CT molecular complexity index is 1350. The van der Waals surface area contributed by atoms with E-state index in [1.807, 2.05) is 13.1 Å². The fraction of sp³-hybridized carbons (Fsp3) is 0.111. The molecule has 0 aromatic heterocycles. The third-order valence-corrected chi connectivity index (χ3v) is 9.80. The maximum absolute atomic E-state index is 10.7. The number of hydrogen-bond acceptors (Lipinski definition) is 4. The van der Waals surface area contributed by atoms with E-state index < -0.39 is 23.9 Å². The quantitative estimate of drug-likeness (QED) is 0.142.